The Hall–Kier alpha value is -3.62. The van der Waals surface area contributed by atoms with Crippen molar-refractivity contribution in [2.24, 2.45) is 5.14 Å². The van der Waals surface area contributed by atoms with Crippen LogP contribution in [0.5, 0.6) is 0 Å². The molecule has 0 atom stereocenters. The molecule has 0 fully saturated rings. The smallest absolute Gasteiger partial charge is 0.238 e. The van der Waals surface area contributed by atoms with Crippen LogP contribution in [-0.2, 0) is 10.0 Å². The zero-order valence-corrected chi connectivity index (χ0v) is 16.2. The molecule has 3 aromatic carbocycles. The molecule has 0 aliphatic rings. The fraction of sp³-hybridized carbons (Fsp3) is 0. The maximum atomic E-state index is 11.6. The van der Waals surface area contributed by atoms with Crippen molar-refractivity contribution in [3.05, 3.63) is 78.9 Å². The van der Waals surface area contributed by atoms with Crippen LogP contribution in [0.4, 0.5) is 11.4 Å². The Kier molecular flexibility index (Phi) is 4.57. The Balaban J connectivity index is 1.86. The molecule has 4 rings (SSSR count). The van der Waals surface area contributed by atoms with E-state index in [9.17, 15) is 8.42 Å². The van der Waals surface area contributed by atoms with E-state index in [-0.39, 0.29) is 4.90 Å². The molecule has 1 heterocycles. The molecule has 6 N–H and O–H groups in total. The highest BCUT2D eigenvalue weighted by Gasteiger charge is 2.14. The summed E-state index contributed by atoms with van der Waals surface area (Å²) in [5.74, 6) is 0. The second-order valence-corrected chi connectivity index (χ2v) is 8.17. The van der Waals surface area contributed by atoms with Gasteiger partial charge in [0.2, 0.25) is 10.0 Å². The van der Waals surface area contributed by atoms with Crippen molar-refractivity contribution in [3.8, 4) is 28.2 Å². The lowest BCUT2D eigenvalue weighted by Crippen LogP contribution is -2.12. The number of anilines is 2. The normalized spacial score (nSPS) is 11.5. The highest BCUT2D eigenvalue weighted by atomic mass is 32.2. The van der Waals surface area contributed by atoms with Crippen LogP contribution in [-0.4, -0.2) is 18.2 Å². The van der Waals surface area contributed by atoms with E-state index in [1.807, 2.05) is 54.6 Å². The summed E-state index contributed by atoms with van der Waals surface area (Å²) in [6.07, 6.45) is 0. The zero-order chi connectivity index (χ0) is 20.6. The number of benzene rings is 3. The maximum absolute atomic E-state index is 11.6. The number of hydrogen-bond donors (Lipinski definition) is 3. The van der Waals surface area contributed by atoms with Crippen LogP contribution in [0.2, 0.25) is 0 Å². The summed E-state index contributed by atoms with van der Waals surface area (Å²) in [5, 5.41) is 9.94. The fourth-order valence-corrected chi connectivity index (χ4v) is 3.52. The molecule has 29 heavy (non-hydrogen) atoms. The Morgan fingerprint density at radius 1 is 0.724 bits per heavy atom. The van der Waals surface area contributed by atoms with Crippen molar-refractivity contribution < 1.29 is 8.42 Å². The number of nitrogen functional groups attached to an aromatic ring is 2. The number of primary sulfonamides is 1. The summed E-state index contributed by atoms with van der Waals surface area (Å²) in [4.78, 5) is 0.0428. The molecular weight excluding hydrogens is 386 g/mol. The first-order valence-corrected chi connectivity index (χ1v) is 10.3. The van der Waals surface area contributed by atoms with Crippen molar-refractivity contribution in [1.29, 1.82) is 0 Å². The molecule has 1 aromatic heterocycles. The van der Waals surface area contributed by atoms with Gasteiger partial charge in [-0.2, -0.15) is 5.10 Å². The molecule has 0 saturated heterocycles. The molecule has 0 saturated carbocycles. The summed E-state index contributed by atoms with van der Waals surface area (Å²) < 4.78 is 24.9. The maximum Gasteiger partial charge on any atom is 0.238 e. The lowest BCUT2D eigenvalue weighted by Gasteiger charge is -2.08. The van der Waals surface area contributed by atoms with Gasteiger partial charge in [0, 0.05) is 22.5 Å². The van der Waals surface area contributed by atoms with Gasteiger partial charge in [-0.25, -0.2) is 18.2 Å². The standard InChI is InChI=1S/C21H19N5O2S/c22-16-5-1-14(2-6-16)20-13-21(15-3-7-17(23)8-4-15)26(25-20)18-9-11-19(12-10-18)29(24,27)28/h1-13H,22-23H2,(H2,24,27,28). The van der Waals surface area contributed by atoms with Gasteiger partial charge >= 0.3 is 0 Å². The predicted molar refractivity (Wildman–Crippen MR) is 115 cm³/mol. The number of nitrogens with zero attached hydrogens (tertiary/aromatic N) is 2. The van der Waals surface area contributed by atoms with Crippen molar-refractivity contribution in [2.75, 3.05) is 11.5 Å². The van der Waals surface area contributed by atoms with E-state index < -0.39 is 10.0 Å². The first kappa shape index (κ1) is 18.7. The van der Waals surface area contributed by atoms with Gasteiger partial charge in [-0.1, -0.05) is 24.3 Å². The Morgan fingerprint density at radius 3 is 1.76 bits per heavy atom. The van der Waals surface area contributed by atoms with Crippen molar-refractivity contribution in [2.45, 2.75) is 4.90 Å². The average Bonchev–Trinajstić information content (AvgIpc) is 3.14. The van der Waals surface area contributed by atoms with E-state index in [2.05, 4.69) is 0 Å². The van der Waals surface area contributed by atoms with E-state index in [0.717, 1.165) is 22.5 Å². The summed E-state index contributed by atoms with van der Waals surface area (Å²) in [5.41, 5.74) is 17.1. The SMILES string of the molecule is Nc1ccc(-c2cc(-c3ccc(N)cc3)n(-c3ccc(S(N)(=O)=O)cc3)n2)cc1. The quantitative estimate of drug-likeness (QED) is 0.449. The second kappa shape index (κ2) is 7.08. The topological polar surface area (TPSA) is 130 Å². The van der Waals surface area contributed by atoms with Crippen LogP contribution in [0.1, 0.15) is 0 Å². The van der Waals surface area contributed by atoms with Crippen molar-refractivity contribution in [3.63, 3.8) is 0 Å². The van der Waals surface area contributed by atoms with Gasteiger partial charge < -0.3 is 11.5 Å². The molecule has 4 aromatic rings. The van der Waals surface area contributed by atoms with Gasteiger partial charge in [0.15, 0.2) is 0 Å². The zero-order valence-electron chi connectivity index (χ0n) is 15.4. The molecular formula is C21H19N5O2S. The minimum absolute atomic E-state index is 0.0428. The van der Waals surface area contributed by atoms with Gasteiger partial charge in [0.25, 0.3) is 0 Å². The Morgan fingerprint density at radius 2 is 1.24 bits per heavy atom. The minimum atomic E-state index is -3.77. The van der Waals surface area contributed by atoms with Gasteiger partial charge in [-0.3, -0.25) is 0 Å². The lowest BCUT2D eigenvalue weighted by molar-refractivity contribution is 0.598. The van der Waals surface area contributed by atoms with Crippen LogP contribution >= 0.6 is 0 Å². The Bertz CT molecular complexity index is 1260. The molecule has 8 heteroatoms. The van der Waals surface area contributed by atoms with Gasteiger partial charge in [0.1, 0.15) is 0 Å². The van der Waals surface area contributed by atoms with E-state index in [4.69, 9.17) is 21.7 Å². The molecule has 146 valence electrons. The highest BCUT2D eigenvalue weighted by molar-refractivity contribution is 7.89. The largest absolute Gasteiger partial charge is 0.399 e. The van der Waals surface area contributed by atoms with Crippen molar-refractivity contribution in [1.82, 2.24) is 9.78 Å². The van der Waals surface area contributed by atoms with E-state index in [0.29, 0.717) is 17.1 Å². The molecule has 7 nitrogen and oxygen atoms in total. The number of sulfonamides is 1. The first-order chi connectivity index (χ1) is 13.8. The number of hydrogen-bond acceptors (Lipinski definition) is 5. The number of rotatable bonds is 4. The molecule has 0 aliphatic carbocycles. The summed E-state index contributed by atoms with van der Waals surface area (Å²) in [7, 11) is -3.77. The molecule has 0 unspecified atom stereocenters. The summed E-state index contributed by atoms with van der Waals surface area (Å²) in [6, 6.07) is 23.1. The summed E-state index contributed by atoms with van der Waals surface area (Å²) >= 11 is 0. The third kappa shape index (κ3) is 3.84. The number of aromatic nitrogens is 2. The monoisotopic (exact) mass is 405 g/mol. The first-order valence-electron chi connectivity index (χ1n) is 8.76. The molecule has 0 radical (unpaired) electrons. The molecule has 0 bridgehead atoms. The van der Waals surface area contributed by atoms with Crippen LogP contribution in [0.3, 0.4) is 0 Å². The van der Waals surface area contributed by atoms with E-state index >= 15 is 0 Å². The molecule has 0 aliphatic heterocycles. The average molecular weight is 405 g/mol. The van der Waals surface area contributed by atoms with Gasteiger partial charge in [0.05, 0.1) is 22.0 Å². The van der Waals surface area contributed by atoms with Gasteiger partial charge in [-0.15, -0.1) is 0 Å². The predicted octanol–water partition coefficient (Wildman–Crippen LogP) is 3.02. The van der Waals surface area contributed by atoms with Gasteiger partial charge in [-0.05, 0) is 54.6 Å². The molecule has 0 amide bonds. The second-order valence-electron chi connectivity index (χ2n) is 6.61. The lowest BCUT2D eigenvalue weighted by atomic mass is 10.1. The highest BCUT2D eigenvalue weighted by Crippen LogP contribution is 2.30. The third-order valence-electron chi connectivity index (χ3n) is 4.53. The minimum Gasteiger partial charge on any atom is -0.399 e. The third-order valence-corrected chi connectivity index (χ3v) is 5.46. The van der Waals surface area contributed by atoms with E-state index in [1.165, 1.54) is 12.1 Å². The van der Waals surface area contributed by atoms with Crippen LogP contribution in [0, 0.1) is 0 Å². The van der Waals surface area contributed by atoms with Crippen LogP contribution in [0.25, 0.3) is 28.2 Å². The van der Waals surface area contributed by atoms with Crippen LogP contribution in [0.15, 0.2) is 83.8 Å². The number of nitrogens with two attached hydrogens (primary N) is 3. The Labute approximate surface area is 168 Å². The van der Waals surface area contributed by atoms with Crippen LogP contribution < -0.4 is 16.6 Å². The fourth-order valence-electron chi connectivity index (χ4n) is 3.01. The van der Waals surface area contributed by atoms with Crippen molar-refractivity contribution >= 4 is 21.4 Å². The molecule has 0 spiro atoms. The van der Waals surface area contributed by atoms with E-state index in [1.54, 1.807) is 16.8 Å². The summed E-state index contributed by atoms with van der Waals surface area (Å²) in [6.45, 7) is 0.